The van der Waals surface area contributed by atoms with E-state index in [4.69, 9.17) is 4.98 Å². The number of hydrogen-bond acceptors (Lipinski definition) is 5. The summed E-state index contributed by atoms with van der Waals surface area (Å²) in [6, 6.07) is 11.1. The van der Waals surface area contributed by atoms with Crippen molar-refractivity contribution < 1.29 is 13.2 Å². The van der Waals surface area contributed by atoms with Gasteiger partial charge in [0.1, 0.15) is 11.5 Å². The molecule has 1 aromatic carbocycles. The van der Waals surface area contributed by atoms with Gasteiger partial charge in [-0.15, -0.1) is 0 Å². The maximum absolute atomic E-state index is 12.7. The highest BCUT2D eigenvalue weighted by Crippen LogP contribution is 2.35. The van der Waals surface area contributed by atoms with Crippen molar-refractivity contribution in [3.8, 4) is 0 Å². The second-order valence-electron chi connectivity index (χ2n) is 7.39. The quantitative estimate of drug-likeness (QED) is 0.691. The van der Waals surface area contributed by atoms with E-state index in [1.165, 1.54) is 12.3 Å². The number of halogens is 3. The summed E-state index contributed by atoms with van der Waals surface area (Å²) >= 11 is 0. The van der Waals surface area contributed by atoms with Crippen LogP contribution in [0, 0.1) is 0 Å². The molecule has 2 fully saturated rings. The maximum Gasteiger partial charge on any atom is 0.433 e. The molecular formula is C20H18F3N5. The second-order valence-corrected chi connectivity index (χ2v) is 7.39. The van der Waals surface area contributed by atoms with Crippen molar-refractivity contribution in [1.29, 1.82) is 0 Å². The topological polar surface area (TPSA) is 45.2 Å². The third-order valence-electron chi connectivity index (χ3n) is 5.58. The highest BCUT2D eigenvalue weighted by atomic mass is 19.4. The van der Waals surface area contributed by atoms with Crippen molar-refractivity contribution in [2.75, 3.05) is 18.0 Å². The predicted molar refractivity (Wildman–Crippen MR) is 98.7 cm³/mol. The molecule has 144 valence electrons. The molecule has 5 nitrogen and oxygen atoms in total. The highest BCUT2D eigenvalue weighted by Gasteiger charge is 2.43. The van der Waals surface area contributed by atoms with Gasteiger partial charge in [-0.3, -0.25) is 14.9 Å². The minimum absolute atomic E-state index is 0.350. The summed E-state index contributed by atoms with van der Waals surface area (Å²) in [5.74, 6) is 0.891. The number of piperazine rings is 1. The summed E-state index contributed by atoms with van der Waals surface area (Å²) in [4.78, 5) is 17.4. The van der Waals surface area contributed by atoms with Crippen molar-refractivity contribution in [3.05, 3.63) is 60.0 Å². The molecule has 8 heteroatoms. The second kappa shape index (κ2) is 6.41. The Kier molecular flexibility index (Phi) is 3.97. The molecule has 0 radical (unpaired) electrons. The van der Waals surface area contributed by atoms with E-state index in [1.807, 2.05) is 30.5 Å². The Hall–Kier alpha value is -2.74. The number of pyridine rings is 1. The largest absolute Gasteiger partial charge is 0.433 e. The Morgan fingerprint density at radius 1 is 0.929 bits per heavy atom. The number of fused-ring (bicyclic) bond motifs is 3. The number of anilines is 1. The third kappa shape index (κ3) is 3.07. The zero-order valence-electron chi connectivity index (χ0n) is 15.0. The van der Waals surface area contributed by atoms with Crippen molar-refractivity contribution in [2.45, 2.75) is 31.2 Å². The van der Waals surface area contributed by atoms with Crippen molar-refractivity contribution >= 4 is 16.9 Å². The lowest BCUT2D eigenvalue weighted by atomic mass is 10.2. The van der Waals surface area contributed by atoms with Crippen LogP contribution in [0.5, 0.6) is 0 Å². The molecule has 5 rings (SSSR count). The average Bonchev–Trinajstić information content (AvgIpc) is 3.28. The van der Waals surface area contributed by atoms with Crippen LogP contribution in [0.25, 0.3) is 11.0 Å². The molecule has 0 saturated carbocycles. The van der Waals surface area contributed by atoms with Crippen LogP contribution in [0.2, 0.25) is 0 Å². The summed E-state index contributed by atoms with van der Waals surface area (Å²) in [6.45, 7) is 2.33. The van der Waals surface area contributed by atoms with Crippen LogP contribution >= 0.6 is 0 Å². The van der Waals surface area contributed by atoms with Gasteiger partial charge in [0.15, 0.2) is 0 Å². The van der Waals surface area contributed by atoms with Crippen LogP contribution in [-0.2, 0) is 12.7 Å². The van der Waals surface area contributed by atoms with Crippen molar-refractivity contribution in [1.82, 2.24) is 19.9 Å². The maximum atomic E-state index is 12.7. The van der Waals surface area contributed by atoms with Gasteiger partial charge in [0.05, 0.1) is 17.2 Å². The summed E-state index contributed by atoms with van der Waals surface area (Å²) < 4.78 is 38.0. The smallest absolute Gasteiger partial charge is 0.349 e. The zero-order chi connectivity index (χ0) is 19.3. The lowest BCUT2D eigenvalue weighted by Gasteiger charge is -2.34. The van der Waals surface area contributed by atoms with Gasteiger partial charge in [0.2, 0.25) is 0 Å². The number of alkyl halides is 3. The minimum atomic E-state index is -4.40. The molecule has 2 aromatic heterocycles. The SMILES string of the molecule is FC(F)(F)c1ccc(CN2CC3CC2CN3c2cnc3ccccc3n2)cn1. The molecule has 0 N–H and O–H groups in total. The average molecular weight is 385 g/mol. The fraction of sp³-hybridized carbons (Fsp3) is 0.350. The number of para-hydroxylation sites is 2. The number of likely N-dealkylation sites (tertiary alicyclic amines) is 1. The normalized spacial score (nSPS) is 22.3. The minimum Gasteiger partial charge on any atom is -0.349 e. The van der Waals surface area contributed by atoms with E-state index in [2.05, 4.69) is 19.8 Å². The highest BCUT2D eigenvalue weighted by molar-refractivity contribution is 5.75. The number of benzene rings is 1. The molecule has 2 bridgehead atoms. The molecule has 0 amide bonds. The van der Waals surface area contributed by atoms with E-state index in [0.29, 0.717) is 18.6 Å². The first-order valence-electron chi connectivity index (χ1n) is 9.22. The van der Waals surface area contributed by atoms with Crippen LogP contribution in [0.3, 0.4) is 0 Å². The van der Waals surface area contributed by atoms with Gasteiger partial charge in [-0.25, -0.2) is 4.98 Å². The Balaban J connectivity index is 1.27. The summed E-state index contributed by atoms with van der Waals surface area (Å²) in [7, 11) is 0. The van der Waals surface area contributed by atoms with Gasteiger partial charge in [0.25, 0.3) is 0 Å². The Morgan fingerprint density at radius 3 is 2.43 bits per heavy atom. The molecule has 4 heterocycles. The van der Waals surface area contributed by atoms with Crippen LogP contribution in [0.4, 0.5) is 19.0 Å². The van der Waals surface area contributed by atoms with Crippen molar-refractivity contribution in [3.63, 3.8) is 0 Å². The lowest BCUT2D eigenvalue weighted by molar-refractivity contribution is -0.141. The lowest BCUT2D eigenvalue weighted by Crippen LogP contribution is -2.46. The van der Waals surface area contributed by atoms with Gasteiger partial charge in [-0.05, 0) is 30.2 Å². The van der Waals surface area contributed by atoms with Crippen LogP contribution in [-0.4, -0.2) is 45.0 Å². The summed E-state index contributed by atoms with van der Waals surface area (Å²) in [5, 5.41) is 0. The fourth-order valence-electron chi connectivity index (χ4n) is 4.23. The van der Waals surface area contributed by atoms with Crippen LogP contribution in [0.1, 0.15) is 17.7 Å². The van der Waals surface area contributed by atoms with E-state index in [1.54, 1.807) is 0 Å². The van der Waals surface area contributed by atoms with Crippen LogP contribution in [0.15, 0.2) is 48.8 Å². The van der Waals surface area contributed by atoms with E-state index >= 15 is 0 Å². The monoisotopic (exact) mass is 385 g/mol. The molecular weight excluding hydrogens is 367 g/mol. The molecule has 2 saturated heterocycles. The molecule has 28 heavy (non-hydrogen) atoms. The summed E-state index contributed by atoms with van der Waals surface area (Å²) in [5.41, 5.74) is 1.72. The summed E-state index contributed by atoms with van der Waals surface area (Å²) in [6.07, 6.45) is -0.205. The Morgan fingerprint density at radius 2 is 1.75 bits per heavy atom. The first kappa shape index (κ1) is 17.4. The molecule has 2 aliphatic rings. The molecule has 2 aliphatic heterocycles. The molecule has 0 spiro atoms. The van der Waals surface area contributed by atoms with Gasteiger partial charge < -0.3 is 4.90 Å². The van der Waals surface area contributed by atoms with E-state index in [0.717, 1.165) is 48.0 Å². The predicted octanol–water partition coefficient (Wildman–Crippen LogP) is 3.51. The van der Waals surface area contributed by atoms with E-state index in [9.17, 15) is 13.2 Å². The van der Waals surface area contributed by atoms with E-state index in [-0.39, 0.29) is 0 Å². The van der Waals surface area contributed by atoms with Crippen molar-refractivity contribution in [2.24, 2.45) is 0 Å². The standard InChI is InChI=1S/C20H18F3N5/c21-20(22,23)18-6-5-13(8-25-18)10-27-11-15-7-14(27)12-28(15)19-9-24-16-3-1-2-4-17(16)26-19/h1-6,8-9,14-15H,7,10-12H2. The Labute approximate surface area is 159 Å². The van der Waals surface area contributed by atoms with Gasteiger partial charge >= 0.3 is 6.18 Å². The van der Waals surface area contributed by atoms with Gasteiger partial charge in [0, 0.05) is 37.9 Å². The van der Waals surface area contributed by atoms with Crippen LogP contribution < -0.4 is 4.90 Å². The molecule has 3 aromatic rings. The first-order chi connectivity index (χ1) is 13.5. The van der Waals surface area contributed by atoms with Gasteiger partial charge in [-0.1, -0.05) is 18.2 Å². The first-order valence-corrected chi connectivity index (χ1v) is 9.22. The number of hydrogen-bond donors (Lipinski definition) is 0. The Bertz CT molecular complexity index is 1000. The molecule has 2 unspecified atom stereocenters. The fourth-order valence-corrected chi connectivity index (χ4v) is 4.23. The molecule has 2 atom stereocenters. The number of aromatic nitrogens is 3. The van der Waals surface area contributed by atoms with E-state index < -0.39 is 11.9 Å². The zero-order valence-corrected chi connectivity index (χ0v) is 15.0. The third-order valence-corrected chi connectivity index (χ3v) is 5.58. The molecule has 0 aliphatic carbocycles. The van der Waals surface area contributed by atoms with Gasteiger partial charge in [-0.2, -0.15) is 13.2 Å². The number of nitrogens with zero attached hydrogens (tertiary/aromatic N) is 5. The number of rotatable bonds is 3.